The molecule has 0 amide bonds. The van der Waals surface area contributed by atoms with Crippen LogP contribution in [0.25, 0.3) is 0 Å². The first kappa shape index (κ1) is 13.9. The number of hydrogen-bond donors (Lipinski definition) is 0. The van der Waals surface area contributed by atoms with Gasteiger partial charge in [-0.15, -0.1) is 0 Å². The molecule has 1 spiro atoms. The van der Waals surface area contributed by atoms with Crippen LogP contribution < -0.4 is 4.74 Å². The predicted octanol–water partition coefficient (Wildman–Crippen LogP) is 1.39. The monoisotopic (exact) mass is 297 g/mol. The number of fused-ring (bicyclic) bond motifs is 1. The van der Waals surface area contributed by atoms with E-state index in [0.717, 1.165) is 11.3 Å². The fourth-order valence-electron chi connectivity index (χ4n) is 2.80. The summed E-state index contributed by atoms with van der Waals surface area (Å²) in [5.41, 5.74) is 0.454. The maximum Gasteiger partial charge on any atom is 0.211 e. The summed E-state index contributed by atoms with van der Waals surface area (Å²) in [6, 6.07) is 7.66. The molecule has 110 valence electrons. The SMILES string of the molecule is CS(=O)(=O)N1Cc2ccccc2OC2(CCOCC2)C1. The number of ether oxygens (including phenoxy) is 2. The third kappa shape index (κ3) is 2.68. The number of benzene rings is 1. The highest BCUT2D eigenvalue weighted by Gasteiger charge is 2.41. The number of para-hydroxylation sites is 1. The van der Waals surface area contributed by atoms with Gasteiger partial charge in [-0.25, -0.2) is 8.42 Å². The Bertz CT molecular complexity index is 593. The van der Waals surface area contributed by atoms with Crippen LogP contribution in [-0.2, 0) is 21.3 Å². The Labute approximate surface area is 119 Å². The summed E-state index contributed by atoms with van der Waals surface area (Å²) in [5.74, 6) is 0.792. The summed E-state index contributed by atoms with van der Waals surface area (Å²) in [6.45, 7) is 1.99. The number of nitrogens with zero attached hydrogens (tertiary/aromatic N) is 1. The summed E-state index contributed by atoms with van der Waals surface area (Å²) < 4.78 is 37.2. The molecule has 0 atom stereocenters. The van der Waals surface area contributed by atoms with Crippen LogP contribution in [0.5, 0.6) is 5.75 Å². The van der Waals surface area contributed by atoms with Crippen molar-refractivity contribution >= 4 is 10.0 Å². The summed E-state index contributed by atoms with van der Waals surface area (Å²) in [5, 5.41) is 0. The number of sulfonamides is 1. The van der Waals surface area contributed by atoms with Crippen molar-refractivity contribution in [2.24, 2.45) is 0 Å². The first-order valence-corrected chi connectivity index (χ1v) is 8.63. The lowest BCUT2D eigenvalue weighted by Gasteiger charge is -2.38. The number of hydrogen-bond acceptors (Lipinski definition) is 4. The molecule has 20 heavy (non-hydrogen) atoms. The Morgan fingerprint density at radius 1 is 1.20 bits per heavy atom. The van der Waals surface area contributed by atoms with Crippen molar-refractivity contribution in [3.8, 4) is 5.75 Å². The number of rotatable bonds is 1. The lowest BCUT2D eigenvalue weighted by Crippen LogP contribution is -2.50. The van der Waals surface area contributed by atoms with E-state index >= 15 is 0 Å². The van der Waals surface area contributed by atoms with Gasteiger partial charge in [0.25, 0.3) is 0 Å². The molecule has 0 saturated carbocycles. The molecule has 0 radical (unpaired) electrons. The lowest BCUT2D eigenvalue weighted by atomic mass is 9.94. The molecule has 2 heterocycles. The molecule has 0 N–H and O–H groups in total. The zero-order chi connectivity index (χ0) is 14.2. The van der Waals surface area contributed by atoms with Gasteiger partial charge in [-0.2, -0.15) is 4.31 Å². The van der Waals surface area contributed by atoms with E-state index in [2.05, 4.69) is 0 Å². The Kier molecular flexibility index (Phi) is 3.48. The largest absolute Gasteiger partial charge is 0.485 e. The average molecular weight is 297 g/mol. The van der Waals surface area contributed by atoms with Gasteiger partial charge in [-0.3, -0.25) is 0 Å². The van der Waals surface area contributed by atoms with Gasteiger partial charge in [-0.05, 0) is 6.07 Å². The highest BCUT2D eigenvalue weighted by Crippen LogP contribution is 2.35. The van der Waals surface area contributed by atoms with E-state index in [1.165, 1.54) is 10.6 Å². The molecule has 6 heteroatoms. The molecule has 0 bridgehead atoms. The second-order valence-electron chi connectivity index (χ2n) is 5.54. The molecule has 1 aromatic carbocycles. The van der Waals surface area contributed by atoms with Crippen molar-refractivity contribution in [2.45, 2.75) is 25.0 Å². The molecule has 1 fully saturated rings. The fraction of sp³-hybridized carbons (Fsp3) is 0.571. The van der Waals surface area contributed by atoms with E-state index in [-0.39, 0.29) is 0 Å². The molecule has 1 aromatic rings. The molecule has 2 aliphatic heterocycles. The Hall–Kier alpha value is -1.11. The molecular weight excluding hydrogens is 278 g/mol. The first-order valence-electron chi connectivity index (χ1n) is 6.78. The topological polar surface area (TPSA) is 55.8 Å². The summed E-state index contributed by atoms with van der Waals surface area (Å²) in [6.07, 6.45) is 2.69. The molecule has 0 unspecified atom stereocenters. The summed E-state index contributed by atoms with van der Waals surface area (Å²) in [7, 11) is -3.25. The van der Waals surface area contributed by atoms with Crippen molar-refractivity contribution in [3.63, 3.8) is 0 Å². The zero-order valence-corrected chi connectivity index (χ0v) is 12.4. The van der Waals surface area contributed by atoms with Gasteiger partial charge in [0.2, 0.25) is 10.0 Å². The molecule has 2 aliphatic rings. The van der Waals surface area contributed by atoms with E-state index in [4.69, 9.17) is 9.47 Å². The average Bonchev–Trinajstić information content (AvgIpc) is 2.55. The van der Waals surface area contributed by atoms with E-state index in [1.807, 2.05) is 24.3 Å². The Balaban J connectivity index is 2.02. The summed E-state index contributed by atoms with van der Waals surface area (Å²) >= 11 is 0. The second-order valence-corrected chi connectivity index (χ2v) is 7.52. The zero-order valence-electron chi connectivity index (χ0n) is 11.5. The van der Waals surface area contributed by atoms with Crippen LogP contribution in [0.3, 0.4) is 0 Å². The standard InChI is InChI=1S/C14H19NO4S/c1-20(16,17)15-10-12-4-2-3-5-13(12)19-14(11-15)6-8-18-9-7-14/h2-5H,6-11H2,1H3. The van der Waals surface area contributed by atoms with Gasteiger partial charge >= 0.3 is 0 Å². The van der Waals surface area contributed by atoms with Crippen molar-refractivity contribution in [1.29, 1.82) is 0 Å². The molecule has 3 rings (SSSR count). The van der Waals surface area contributed by atoms with Crippen molar-refractivity contribution in [3.05, 3.63) is 29.8 Å². The van der Waals surface area contributed by atoms with Crippen LogP contribution in [0.2, 0.25) is 0 Å². The predicted molar refractivity (Wildman–Crippen MR) is 75.1 cm³/mol. The molecular formula is C14H19NO4S. The minimum atomic E-state index is -3.25. The van der Waals surface area contributed by atoms with Crippen molar-refractivity contribution < 1.29 is 17.9 Å². The van der Waals surface area contributed by atoms with Crippen LogP contribution in [0.4, 0.5) is 0 Å². The van der Waals surface area contributed by atoms with Crippen molar-refractivity contribution in [2.75, 3.05) is 26.0 Å². The third-order valence-corrected chi connectivity index (χ3v) is 5.18. The van der Waals surface area contributed by atoms with Crippen LogP contribution in [0.15, 0.2) is 24.3 Å². The third-order valence-electron chi connectivity index (χ3n) is 3.98. The van der Waals surface area contributed by atoms with Crippen LogP contribution in [-0.4, -0.2) is 44.3 Å². The van der Waals surface area contributed by atoms with Gasteiger partial charge in [-0.1, -0.05) is 18.2 Å². The Morgan fingerprint density at radius 2 is 1.90 bits per heavy atom. The van der Waals surface area contributed by atoms with E-state index < -0.39 is 15.6 Å². The minimum Gasteiger partial charge on any atom is -0.485 e. The van der Waals surface area contributed by atoms with Gasteiger partial charge < -0.3 is 9.47 Å². The Morgan fingerprint density at radius 3 is 2.60 bits per heavy atom. The van der Waals surface area contributed by atoms with Crippen LogP contribution >= 0.6 is 0 Å². The highest BCUT2D eigenvalue weighted by molar-refractivity contribution is 7.88. The normalized spacial score (nSPS) is 22.9. The molecule has 5 nitrogen and oxygen atoms in total. The highest BCUT2D eigenvalue weighted by atomic mass is 32.2. The fourth-order valence-corrected chi connectivity index (χ4v) is 3.65. The lowest BCUT2D eigenvalue weighted by molar-refractivity contribution is -0.0499. The first-order chi connectivity index (χ1) is 9.49. The maximum absolute atomic E-state index is 12.0. The smallest absolute Gasteiger partial charge is 0.211 e. The van der Waals surface area contributed by atoms with E-state index in [0.29, 0.717) is 39.1 Å². The van der Waals surface area contributed by atoms with Crippen LogP contribution in [0.1, 0.15) is 18.4 Å². The van der Waals surface area contributed by atoms with Crippen LogP contribution in [0, 0.1) is 0 Å². The summed E-state index contributed by atoms with van der Waals surface area (Å²) in [4.78, 5) is 0. The quantitative estimate of drug-likeness (QED) is 0.786. The van der Waals surface area contributed by atoms with Gasteiger partial charge in [0, 0.05) is 24.9 Å². The molecule has 1 saturated heterocycles. The van der Waals surface area contributed by atoms with Gasteiger partial charge in [0.1, 0.15) is 11.4 Å². The maximum atomic E-state index is 12.0. The molecule has 0 aliphatic carbocycles. The minimum absolute atomic E-state index is 0.373. The van der Waals surface area contributed by atoms with E-state index in [1.54, 1.807) is 0 Å². The van der Waals surface area contributed by atoms with Gasteiger partial charge in [0.05, 0.1) is 26.0 Å². The molecule has 0 aromatic heterocycles. The van der Waals surface area contributed by atoms with Crippen molar-refractivity contribution in [1.82, 2.24) is 4.31 Å². The van der Waals surface area contributed by atoms with Gasteiger partial charge in [0.15, 0.2) is 0 Å². The van der Waals surface area contributed by atoms with E-state index in [9.17, 15) is 8.42 Å². The second kappa shape index (κ2) is 5.02.